The quantitative estimate of drug-likeness (QED) is 0.309. The van der Waals surface area contributed by atoms with Gasteiger partial charge in [0.15, 0.2) is 5.96 Å². The van der Waals surface area contributed by atoms with Crippen molar-refractivity contribution in [3.05, 3.63) is 0 Å². The molecule has 0 fully saturated rings. The van der Waals surface area contributed by atoms with Crippen molar-refractivity contribution in [3.63, 3.8) is 0 Å². The topological polar surface area (TPSA) is 70.6 Å². The lowest BCUT2D eigenvalue weighted by molar-refractivity contribution is 0.571. The largest absolute Gasteiger partial charge is 0.356 e. The molecule has 0 aliphatic carbocycles. The third-order valence-electron chi connectivity index (χ3n) is 3.53. The number of aliphatic imine (C=N–C) groups is 1. The lowest BCUT2D eigenvalue weighted by atomic mass is 10.1. The van der Waals surface area contributed by atoms with Crippen molar-refractivity contribution >= 4 is 15.8 Å². The molecule has 0 aromatic heterocycles. The first-order valence-electron chi connectivity index (χ1n) is 8.62. The van der Waals surface area contributed by atoms with Crippen LogP contribution in [-0.2, 0) is 9.84 Å². The summed E-state index contributed by atoms with van der Waals surface area (Å²) >= 11 is 0. The molecule has 0 unspecified atom stereocenters. The Morgan fingerprint density at radius 2 is 1.36 bits per heavy atom. The molecule has 2 N–H and O–H groups in total. The van der Waals surface area contributed by atoms with Crippen LogP contribution in [0.4, 0.5) is 0 Å². The van der Waals surface area contributed by atoms with Crippen LogP contribution in [0.15, 0.2) is 4.99 Å². The second-order valence-electron chi connectivity index (χ2n) is 5.88. The zero-order valence-electron chi connectivity index (χ0n) is 14.7. The maximum absolute atomic E-state index is 11.0. The van der Waals surface area contributed by atoms with Gasteiger partial charge in [-0.05, 0) is 12.8 Å². The van der Waals surface area contributed by atoms with Crippen molar-refractivity contribution in [2.45, 2.75) is 64.7 Å². The normalized spacial score (nSPS) is 12.4. The van der Waals surface area contributed by atoms with Crippen LogP contribution < -0.4 is 10.6 Å². The van der Waals surface area contributed by atoms with Crippen molar-refractivity contribution in [2.75, 3.05) is 32.1 Å². The number of nitrogens with zero attached hydrogens (tertiary/aromatic N) is 1. The highest BCUT2D eigenvalue weighted by Gasteiger charge is 2.02. The van der Waals surface area contributed by atoms with Gasteiger partial charge in [-0.3, -0.25) is 4.99 Å². The Hall–Kier alpha value is -0.780. The van der Waals surface area contributed by atoms with Crippen molar-refractivity contribution in [3.8, 4) is 0 Å². The lowest BCUT2D eigenvalue weighted by Gasteiger charge is -2.11. The predicted molar refractivity (Wildman–Crippen MR) is 96.3 cm³/mol. The van der Waals surface area contributed by atoms with Crippen molar-refractivity contribution in [2.24, 2.45) is 4.99 Å². The van der Waals surface area contributed by atoms with Crippen molar-refractivity contribution in [1.29, 1.82) is 0 Å². The van der Waals surface area contributed by atoms with E-state index in [1.54, 1.807) is 7.05 Å². The van der Waals surface area contributed by atoms with Crippen LogP contribution in [0.5, 0.6) is 0 Å². The highest BCUT2D eigenvalue weighted by atomic mass is 32.2. The van der Waals surface area contributed by atoms with Gasteiger partial charge in [0, 0.05) is 26.4 Å². The highest BCUT2D eigenvalue weighted by Crippen LogP contribution is 2.07. The van der Waals surface area contributed by atoms with Gasteiger partial charge < -0.3 is 10.6 Å². The van der Waals surface area contributed by atoms with Gasteiger partial charge in [-0.1, -0.05) is 51.9 Å². The summed E-state index contributed by atoms with van der Waals surface area (Å²) < 4.78 is 22.1. The Balaban J connectivity index is 3.47. The molecule has 0 amide bonds. The van der Waals surface area contributed by atoms with Crippen LogP contribution in [0.2, 0.25) is 0 Å². The summed E-state index contributed by atoms with van der Waals surface area (Å²) in [6.07, 6.45) is 12.3. The molecule has 0 bridgehead atoms. The van der Waals surface area contributed by atoms with E-state index in [4.69, 9.17) is 0 Å². The fourth-order valence-corrected chi connectivity index (χ4v) is 2.90. The predicted octanol–water partition coefficient (Wildman–Crippen LogP) is 2.73. The molecule has 0 aromatic carbocycles. The SMILES string of the molecule is CCCCCCCCCCNC(=NC)NCCCS(C)(=O)=O. The fourth-order valence-electron chi connectivity index (χ4n) is 2.23. The molecule has 6 heteroatoms. The van der Waals surface area contributed by atoms with E-state index >= 15 is 0 Å². The molecule has 0 aliphatic rings. The second-order valence-corrected chi connectivity index (χ2v) is 8.14. The third-order valence-corrected chi connectivity index (χ3v) is 4.56. The highest BCUT2D eigenvalue weighted by molar-refractivity contribution is 7.90. The number of rotatable bonds is 13. The standard InChI is InChI=1S/C16H35N3O2S/c1-4-5-6-7-8-9-10-11-13-18-16(17-2)19-14-12-15-22(3,20)21/h4-15H2,1-3H3,(H2,17,18,19). The van der Waals surface area contributed by atoms with Gasteiger partial charge in [0.05, 0.1) is 5.75 Å². The van der Waals surface area contributed by atoms with Crippen LogP contribution in [0.3, 0.4) is 0 Å². The van der Waals surface area contributed by atoms with E-state index in [0.29, 0.717) is 13.0 Å². The average molecular weight is 334 g/mol. The summed E-state index contributed by atoms with van der Waals surface area (Å²) in [5, 5.41) is 6.41. The van der Waals surface area contributed by atoms with Gasteiger partial charge in [0.1, 0.15) is 9.84 Å². The minimum Gasteiger partial charge on any atom is -0.356 e. The molecule has 22 heavy (non-hydrogen) atoms. The summed E-state index contributed by atoms with van der Waals surface area (Å²) in [5.74, 6) is 0.978. The van der Waals surface area contributed by atoms with Crippen LogP contribution in [0.25, 0.3) is 0 Å². The van der Waals surface area contributed by atoms with E-state index < -0.39 is 9.84 Å². The molecule has 0 rings (SSSR count). The molecule has 132 valence electrons. The first-order valence-corrected chi connectivity index (χ1v) is 10.7. The van der Waals surface area contributed by atoms with Gasteiger partial charge in [-0.25, -0.2) is 8.42 Å². The molecule has 0 aliphatic heterocycles. The van der Waals surface area contributed by atoms with Gasteiger partial charge in [0.25, 0.3) is 0 Å². The molecule has 0 radical (unpaired) electrons. The van der Waals surface area contributed by atoms with Crippen molar-refractivity contribution in [1.82, 2.24) is 10.6 Å². The molecular formula is C16H35N3O2S. The minimum atomic E-state index is -2.86. The molecule has 0 atom stereocenters. The summed E-state index contributed by atoms with van der Waals surface area (Å²) in [6, 6.07) is 0. The fraction of sp³-hybridized carbons (Fsp3) is 0.938. The summed E-state index contributed by atoms with van der Waals surface area (Å²) in [6.45, 7) is 3.79. The lowest BCUT2D eigenvalue weighted by Crippen LogP contribution is -2.38. The summed E-state index contributed by atoms with van der Waals surface area (Å²) in [5.41, 5.74) is 0. The molecule has 0 saturated carbocycles. The minimum absolute atomic E-state index is 0.217. The zero-order valence-corrected chi connectivity index (χ0v) is 15.5. The van der Waals surface area contributed by atoms with E-state index in [1.807, 2.05) is 0 Å². The molecular weight excluding hydrogens is 298 g/mol. The number of unbranched alkanes of at least 4 members (excludes halogenated alkanes) is 7. The van der Waals surface area contributed by atoms with Crippen LogP contribution in [0.1, 0.15) is 64.7 Å². The average Bonchev–Trinajstić information content (AvgIpc) is 2.46. The van der Waals surface area contributed by atoms with Gasteiger partial charge in [-0.2, -0.15) is 0 Å². The maximum Gasteiger partial charge on any atom is 0.190 e. The zero-order chi connectivity index (χ0) is 16.7. The Kier molecular flexibility index (Phi) is 13.4. The smallest absolute Gasteiger partial charge is 0.190 e. The monoisotopic (exact) mass is 333 g/mol. The third kappa shape index (κ3) is 15.6. The molecule has 0 aromatic rings. The van der Waals surface area contributed by atoms with E-state index in [0.717, 1.165) is 18.9 Å². The molecule has 0 saturated heterocycles. The van der Waals surface area contributed by atoms with Crippen LogP contribution >= 0.6 is 0 Å². The van der Waals surface area contributed by atoms with Gasteiger partial charge >= 0.3 is 0 Å². The number of hydrogen-bond acceptors (Lipinski definition) is 3. The first kappa shape index (κ1) is 21.2. The van der Waals surface area contributed by atoms with Gasteiger partial charge in [-0.15, -0.1) is 0 Å². The Bertz CT molecular complexity index is 381. The first-order chi connectivity index (χ1) is 10.5. The Morgan fingerprint density at radius 3 is 1.86 bits per heavy atom. The van der Waals surface area contributed by atoms with E-state index in [9.17, 15) is 8.42 Å². The van der Waals surface area contributed by atoms with Gasteiger partial charge in [0.2, 0.25) is 0 Å². The molecule has 0 heterocycles. The van der Waals surface area contributed by atoms with E-state index in [-0.39, 0.29) is 5.75 Å². The van der Waals surface area contributed by atoms with E-state index in [2.05, 4.69) is 22.5 Å². The molecule has 0 spiro atoms. The maximum atomic E-state index is 11.0. The second kappa shape index (κ2) is 13.9. The number of nitrogens with one attached hydrogen (secondary N) is 2. The number of sulfone groups is 1. The molecule has 5 nitrogen and oxygen atoms in total. The van der Waals surface area contributed by atoms with E-state index in [1.165, 1.54) is 51.2 Å². The van der Waals surface area contributed by atoms with Crippen LogP contribution in [0, 0.1) is 0 Å². The van der Waals surface area contributed by atoms with Crippen molar-refractivity contribution < 1.29 is 8.42 Å². The number of hydrogen-bond donors (Lipinski definition) is 2. The summed E-state index contributed by atoms with van der Waals surface area (Å²) in [4.78, 5) is 4.13. The Morgan fingerprint density at radius 1 is 0.864 bits per heavy atom. The Labute approximate surface area is 137 Å². The number of guanidine groups is 1. The van der Waals surface area contributed by atoms with Crippen LogP contribution in [-0.4, -0.2) is 46.5 Å². The summed E-state index contributed by atoms with van der Waals surface area (Å²) in [7, 11) is -1.13.